The van der Waals surface area contributed by atoms with Crippen LogP contribution >= 0.6 is 0 Å². The van der Waals surface area contributed by atoms with Crippen molar-refractivity contribution in [3.05, 3.63) is 12.1 Å². The van der Waals surface area contributed by atoms with Gasteiger partial charge in [0.25, 0.3) is 0 Å². The number of hydrogen-bond acceptors (Lipinski definition) is 5. The normalized spacial score (nSPS) is 18.5. The van der Waals surface area contributed by atoms with E-state index in [9.17, 15) is 0 Å². The van der Waals surface area contributed by atoms with Gasteiger partial charge in [-0.25, -0.2) is 10.8 Å². The number of hydrogen-bond donors (Lipinski definition) is 1. The van der Waals surface area contributed by atoms with Crippen LogP contribution in [0.5, 0.6) is 0 Å². The lowest BCUT2D eigenvalue weighted by molar-refractivity contribution is 0.296. The summed E-state index contributed by atoms with van der Waals surface area (Å²) in [6.07, 6.45) is 1.42. The highest BCUT2D eigenvalue weighted by molar-refractivity contribution is 5.39. The highest BCUT2D eigenvalue weighted by Gasteiger charge is 2.21. The van der Waals surface area contributed by atoms with Crippen molar-refractivity contribution in [1.82, 2.24) is 9.88 Å². The van der Waals surface area contributed by atoms with Crippen LogP contribution in [0, 0.1) is 0 Å². The summed E-state index contributed by atoms with van der Waals surface area (Å²) in [7, 11) is 1.98. The summed E-state index contributed by atoms with van der Waals surface area (Å²) in [5.41, 5.74) is 0.904. The molecule has 11 heavy (non-hydrogen) atoms. The molecular formula is C6H10N4O. The van der Waals surface area contributed by atoms with Crippen LogP contribution in [0.4, 0.5) is 5.88 Å². The summed E-state index contributed by atoms with van der Waals surface area (Å²) in [5, 5.41) is 1.55. The molecule has 2 rings (SSSR count). The second-order valence-electron chi connectivity index (χ2n) is 2.73. The maximum Gasteiger partial charge on any atom is 0.235 e. The van der Waals surface area contributed by atoms with Crippen molar-refractivity contribution in [1.29, 1.82) is 0 Å². The van der Waals surface area contributed by atoms with Gasteiger partial charge in [0.2, 0.25) is 5.88 Å². The van der Waals surface area contributed by atoms with Gasteiger partial charge in [-0.3, -0.25) is 9.91 Å². The zero-order valence-corrected chi connectivity index (χ0v) is 6.32. The number of nitrogens with zero attached hydrogens (tertiary/aromatic N) is 3. The van der Waals surface area contributed by atoms with E-state index in [1.807, 2.05) is 7.05 Å². The first-order valence-corrected chi connectivity index (χ1v) is 3.40. The Morgan fingerprint density at radius 3 is 3.36 bits per heavy atom. The number of fused-ring (bicyclic) bond motifs is 1. The van der Waals surface area contributed by atoms with Crippen molar-refractivity contribution >= 4 is 5.88 Å². The van der Waals surface area contributed by atoms with E-state index in [0.717, 1.165) is 12.2 Å². The highest BCUT2D eigenvalue weighted by atomic mass is 16.4. The molecule has 1 aromatic rings. The summed E-state index contributed by atoms with van der Waals surface area (Å²) < 4.78 is 5.08. The van der Waals surface area contributed by atoms with Gasteiger partial charge in [0.05, 0.1) is 6.67 Å². The standard InChI is InChI=1S/C6H10N4O/c1-9-2-5-6(10(7)4-9)11-3-8-5/h3H,2,4,7H2,1H3. The average molecular weight is 154 g/mol. The predicted octanol–water partition coefficient (Wildman–Crippen LogP) is -0.242. The van der Waals surface area contributed by atoms with Gasteiger partial charge in [0, 0.05) is 6.54 Å². The molecule has 1 aromatic heterocycles. The molecule has 0 aliphatic carbocycles. The van der Waals surface area contributed by atoms with E-state index in [0.29, 0.717) is 12.6 Å². The van der Waals surface area contributed by atoms with E-state index in [1.165, 1.54) is 6.39 Å². The minimum atomic E-state index is 0.683. The van der Waals surface area contributed by atoms with Crippen LogP contribution in [-0.2, 0) is 6.54 Å². The minimum absolute atomic E-state index is 0.683. The zero-order valence-electron chi connectivity index (χ0n) is 6.32. The van der Waals surface area contributed by atoms with Gasteiger partial charge < -0.3 is 4.42 Å². The van der Waals surface area contributed by atoms with Crippen LogP contribution in [0.2, 0.25) is 0 Å². The van der Waals surface area contributed by atoms with Crippen LogP contribution in [-0.4, -0.2) is 23.6 Å². The Bertz CT molecular complexity index is 259. The zero-order chi connectivity index (χ0) is 7.84. The molecule has 2 N–H and O–H groups in total. The van der Waals surface area contributed by atoms with Crippen molar-refractivity contribution in [3.8, 4) is 0 Å². The third-order valence-electron chi connectivity index (χ3n) is 1.69. The predicted molar refractivity (Wildman–Crippen MR) is 39.5 cm³/mol. The largest absolute Gasteiger partial charge is 0.426 e. The third kappa shape index (κ3) is 0.979. The molecule has 2 heterocycles. The lowest BCUT2D eigenvalue weighted by atomic mass is 10.3. The molecule has 0 spiro atoms. The first kappa shape index (κ1) is 6.63. The second kappa shape index (κ2) is 2.21. The fourth-order valence-corrected chi connectivity index (χ4v) is 1.24. The molecule has 60 valence electrons. The van der Waals surface area contributed by atoms with Gasteiger partial charge in [-0.05, 0) is 7.05 Å². The van der Waals surface area contributed by atoms with Gasteiger partial charge in [-0.15, -0.1) is 0 Å². The van der Waals surface area contributed by atoms with E-state index >= 15 is 0 Å². The van der Waals surface area contributed by atoms with Gasteiger partial charge in [0.15, 0.2) is 6.39 Å². The molecule has 5 nitrogen and oxygen atoms in total. The lowest BCUT2D eigenvalue weighted by Crippen LogP contribution is -2.44. The Balaban J connectivity index is 2.36. The molecule has 0 bridgehead atoms. The van der Waals surface area contributed by atoms with Gasteiger partial charge in [0.1, 0.15) is 5.69 Å². The molecule has 0 fully saturated rings. The van der Waals surface area contributed by atoms with Crippen LogP contribution in [0.15, 0.2) is 10.8 Å². The van der Waals surface area contributed by atoms with Crippen LogP contribution in [0.25, 0.3) is 0 Å². The number of anilines is 1. The molecule has 0 aromatic carbocycles. The number of hydrazine groups is 1. The maximum absolute atomic E-state index is 5.64. The molecule has 0 amide bonds. The third-order valence-corrected chi connectivity index (χ3v) is 1.69. The summed E-state index contributed by atoms with van der Waals surface area (Å²) >= 11 is 0. The van der Waals surface area contributed by atoms with Crippen LogP contribution < -0.4 is 10.9 Å². The fourth-order valence-electron chi connectivity index (χ4n) is 1.24. The SMILES string of the molecule is CN1Cc2ncoc2N(N)C1. The molecule has 0 unspecified atom stereocenters. The van der Waals surface area contributed by atoms with Crippen molar-refractivity contribution in [3.63, 3.8) is 0 Å². The van der Waals surface area contributed by atoms with Crippen molar-refractivity contribution in [2.45, 2.75) is 6.54 Å². The summed E-state index contributed by atoms with van der Waals surface area (Å²) in [5.74, 6) is 6.32. The molecule has 1 aliphatic rings. The van der Waals surface area contributed by atoms with E-state index < -0.39 is 0 Å². The Labute approximate surface area is 64.4 Å². The van der Waals surface area contributed by atoms with Crippen molar-refractivity contribution in [2.75, 3.05) is 18.7 Å². The Morgan fingerprint density at radius 2 is 2.55 bits per heavy atom. The summed E-state index contributed by atoms with van der Waals surface area (Å²) in [4.78, 5) is 6.09. The average Bonchev–Trinajstić information content (AvgIpc) is 2.34. The summed E-state index contributed by atoms with van der Waals surface area (Å²) in [6.45, 7) is 1.49. The molecule has 0 saturated carbocycles. The maximum atomic E-state index is 5.64. The number of aromatic nitrogens is 1. The van der Waals surface area contributed by atoms with E-state index in [2.05, 4.69) is 9.88 Å². The molecule has 0 radical (unpaired) electrons. The lowest BCUT2D eigenvalue weighted by Gasteiger charge is -2.28. The topological polar surface area (TPSA) is 58.5 Å². The Morgan fingerprint density at radius 1 is 1.73 bits per heavy atom. The minimum Gasteiger partial charge on any atom is -0.426 e. The molecule has 1 aliphatic heterocycles. The monoisotopic (exact) mass is 154 g/mol. The van der Waals surface area contributed by atoms with E-state index in [4.69, 9.17) is 10.3 Å². The Hall–Kier alpha value is -1.07. The first-order chi connectivity index (χ1) is 5.27. The number of nitrogens with two attached hydrogens (primary N) is 1. The molecule has 0 atom stereocenters. The highest BCUT2D eigenvalue weighted by Crippen LogP contribution is 2.21. The molecule has 0 saturated heterocycles. The van der Waals surface area contributed by atoms with Crippen LogP contribution in [0.1, 0.15) is 5.69 Å². The molecular weight excluding hydrogens is 144 g/mol. The quantitative estimate of drug-likeness (QED) is 0.522. The van der Waals surface area contributed by atoms with E-state index in [1.54, 1.807) is 5.01 Å². The van der Waals surface area contributed by atoms with Crippen LogP contribution in [0.3, 0.4) is 0 Å². The van der Waals surface area contributed by atoms with Crippen molar-refractivity contribution in [2.24, 2.45) is 5.84 Å². The Kier molecular flexibility index (Phi) is 1.33. The number of oxazole rings is 1. The van der Waals surface area contributed by atoms with Crippen molar-refractivity contribution < 1.29 is 4.42 Å². The van der Waals surface area contributed by atoms with Gasteiger partial charge >= 0.3 is 0 Å². The van der Waals surface area contributed by atoms with E-state index in [-0.39, 0.29) is 0 Å². The first-order valence-electron chi connectivity index (χ1n) is 3.40. The van der Waals surface area contributed by atoms with Gasteiger partial charge in [-0.1, -0.05) is 0 Å². The smallest absolute Gasteiger partial charge is 0.235 e. The number of rotatable bonds is 0. The van der Waals surface area contributed by atoms with Gasteiger partial charge in [-0.2, -0.15) is 0 Å². The molecule has 5 heteroatoms. The summed E-state index contributed by atoms with van der Waals surface area (Å²) in [6, 6.07) is 0. The fraction of sp³-hybridized carbons (Fsp3) is 0.500. The second-order valence-corrected chi connectivity index (χ2v) is 2.73.